The maximum absolute atomic E-state index is 12.5. The lowest BCUT2D eigenvalue weighted by molar-refractivity contribution is -0.115. The molecule has 0 aliphatic rings. The molecule has 0 saturated carbocycles. The Kier molecular flexibility index (Phi) is 7.01. The summed E-state index contributed by atoms with van der Waals surface area (Å²) in [6, 6.07) is 16.5. The van der Waals surface area contributed by atoms with Crippen LogP contribution in [0.3, 0.4) is 0 Å². The normalized spacial score (nSPS) is 11.1. The number of anilines is 2. The van der Waals surface area contributed by atoms with Crippen LogP contribution in [0.25, 0.3) is 0 Å². The van der Waals surface area contributed by atoms with Crippen molar-refractivity contribution in [1.29, 1.82) is 0 Å². The molecule has 0 atom stereocenters. The number of benzene rings is 3. The van der Waals surface area contributed by atoms with E-state index in [0.29, 0.717) is 11.4 Å². The summed E-state index contributed by atoms with van der Waals surface area (Å²) < 4.78 is 23.4. The minimum Gasteiger partial charge on any atom is -0.326 e. The number of hydrogen-bond donors (Lipinski definition) is 2. The minimum absolute atomic E-state index is 0.0538. The van der Waals surface area contributed by atoms with E-state index >= 15 is 0 Å². The molecule has 0 aromatic heterocycles. The monoisotopic (exact) mass is 470 g/mol. The molecule has 0 fully saturated rings. The van der Waals surface area contributed by atoms with Gasteiger partial charge in [0.1, 0.15) is 0 Å². The Bertz CT molecular complexity index is 1300. The molecule has 8 heteroatoms. The first-order chi connectivity index (χ1) is 15.0. The Morgan fingerprint density at radius 1 is 0.938 bits per heavy atom. The van der Waals surface area contributed by atoms with E-state index in [4.69, 9.17) is 11.6 Å². The van der Waals surface area contributed by atoms with E-state index in [9.17, 15) is 18.0 Å². The van der Waals surface area contributed by atoms with Crippen LogP contribution < -0.4 is 10.6 Å². The van der Waals surface area contributed by atoms with Gasteiger partial charge in [-0.2, -0.15) is 0 Å². The average molecular weight is 471 g/mol. The Morgan fingerprint density at radius 2 is 1.69 bits per heavy atom. The molecule has 0 spiro atoms. The molecule has 0 saturated heterocycles. The van der Waals surface area contributed by atoms with Crippen LogP contribution in [0.15, 0.2) is 65.6 Å². The molecule has 2 amide bonds. The summed E-state index contributed by atoms with van der Waals surface area (Å²) in [5.41, 5.74) is 4.12. The van der Waals surface area contributed by atoms with Gasteiger partial charge < -0.3 is 10.6 Å². The van der Waals surface area contributed by atoms with Crippen molar-refractivity contribution in [2.24, 2.45) is 0 Å². The molecule has 0 bridgehead atoms. The number of aryl methyl sites for hydroxylation is 2. The number of halogens is 1. The summed E-state index contributed by atoms with van der Waals surface area (Å²) in [6.45, 7) is 3.94. The van der Waals surface area contributed by atoms with E-state index in [2.05, 4.69) is 10.6 Å². The topological polar surface area (TPSA) is 92.3 Å². The first-order valence-electron chi connectivity index (χ1n) is 9.80. The van der Waals surface area contributed by atoms with Gasteiger partial charge >= 0.3 is 0 Å². The zero-order chi connectivity index (χ0) is 23.5. The molecule has 0 heterocycles. The average Bonchev–Trinajstić information content (AvgIpc) is 2.72. The maximum atomic E-state index is 12.5. The van der Waals surface area contributed by atoms with Crippen LogP contribution in [0.4, 0.5) is 11.4 Å². The van der Waals surface area contributed by atoms with Crippen molar-refractivity contribution in [3.05, 3.63) is 87.9 Å². The summed E-state index contributed by atoms with van der Waals surface area (Å²) in [5.74, 6) is -0.673. The molecule has 6 nitrogen and oxygen atoms in total. The molecule has 3 aromatic rings. The molecular formula is C24H23ClN2O4S. The SMILES string of the molecule is Cc1ccc(C)c(CC(=O)Nc2ccc(NC(=O)c3cccc(S(C)(=O)=O)c3)c(Cl)c2)c1. The number of rotatable bonds is 6. The van der Waals surface area contributed by atoms with E-state index in [1.165, 1.54) is 24.3 Å². The highest BCUT2D eigenvalue weighted by atomic mass is 35.5. The number of nitrogens with one attached hydrogen (secondary N) is 2. The van der Waals surface area contributed by atoms with E-state index in [-0.39, 0.29) is 27.8 Å². The van der Waals surface area contributed by atoms with Gasteiger partial charge in [0.2, 0.25) is 5.91 Å². The lowest BCUT2D eigenvalue weighted by Crippen LogP contribution is -2.16. The largest absolute Gasteiger partial charge is 0.326 e. The Morgan fingerprint density at radius 3 is 2.38 bits per heavy atom. The standard InChI is InChI=1S/C24H23ClN2O4S/c1-15-7-8-16(2)18(11-15)13-23(28)26-19-9-10-22(21(25)14-19)27-24(29)17-5-4-6-20(12-17)32(3,30)31/h4-12,14H,13H2,1-3H3,(H,26,28)(H,27,29). The third-order valence-electron chi connectivity index (χ3n) is 4.88. The van der Waals surface area contributed by atoms with Crippen LogP contribution in [0.5, 0.6) is 0 Å². The second-order valence-corrected chi connectivity index (χ2v) is 10.0. The van der Waals surface area contributed by atoms with Gasteiger partial charge in [0.15, 0.2) is 9.84 Å². The van der Waals surface area contributed by atoms with E-state index in [1.54, 1.807) is 18.2 Å². The summed E-state index contributed by atoms with van der Waals surface area (Å²) in [4.78, 5) is 25.0. The van der Waals surface area contributed by atoms with Crippen LogP contribution in [-0.2, 0) is 21.1 Å². The minimum atomic E-state index is -3.43. The fraction of sp³-hybridized carbons (Fsp3) is 0.167. The van der Waals surface area contributed by atoms with Gasteiger partial charge in [-0.1, -0.05) is 41.4 Å². The highest BCUT2D eigenvalue weighted by Crippen LogP contribution is 2.26. The highest BCUT2D eigenvalue weighted by Gasteiger charge is 2.14. The van der Waals surface area contributed by atoms with Crippen molar-refractivity contribution in [3.8, 4) is 0 Å². The van der Waals surface area contributed by atoms with Gasteiger partial charge in [0.25, 0.3) is 5.91 Å². The number of carbonyl (C=O) groups excluding carboxylic acids is 2. The van der Waals surface area contributed by atoms with Crippen LogP contribution in [0.1, 0.15) is 27.0 Å². The number of carbonyl (C=O) groups is 2. The highest BCUT2D eigenvalue weighted by molar-refractivity contribution is 7.90. The lowest BCUT2D eigenvalue weighted by atomic mass is 10.0. The quantitative estimate of drug-likeness (QED) is 0.541. The Labute approximate surface area is 192 Å². The molecule has 0 unspecified atom stereocenters. The lowest BCUT2D eigenvalue weighted by Gasteiger charge is -2.11. The molecule has 166 valence electrons. The van der Waals surface area contributed by atoms with Crippen molar-refractivity contribution in [1.82, 2.24) is 0 Å². The fourth-order valence-corrected chi connectivity index (χ4v) is 4.02. The smallest absolute Gasteiger partial charge is 0.255 e. The van der Waals surface area contributed by atoms with Crippen molar-refractivity contribution in [3.63, 3.8) is 0 Å². The molecule has 3 rings (SSSR count). The van der Waals surface area contributed by atoms with Gasteiger partial charge in [-0.15, -0.1) is 0 Å². The van der Waals surface area contributed by atoms with E-state index in [1.807, 2.05) is 32.0 Å². The fourth-order valence-electron chi connectivity index (χ4n) is 3.13. The van der Waals surface area contributed by atoms with Crippen LogP contribution in [-0.4, -0.2) is 26.5 Å². The van der Waals surface area contributed by atoms with Crippen LogP contribution in [0, 0.1) is 13.8 Å². The van der Waals surface area contributed by atoms with Crippen molar-refractivity contribution in [2.75, 3.05) is 16.9 Å². The Hall–Kier alpha value is -3.16. The van der Waals surface area contributed by atoms with Crippen molar-refractivity contribution >= 4 is 44.6 Å². The predicted molar refractivity (Wildman–Crippen MR) is 127 cm³/mol. The molecule has 32 heavy (non-hydrogen) atoms. The van der Waals surface area contributed by atoms with Gasteiger partial charge in [-0.05, 0) is 61.4 Å². The molecule has 0 aliphatic heterocycles. The second kappa shape index (κ2) is 9.54. The predicted octanol–water partition coefficient (Wildman–Crippen LogP) is 4.79. The summed E-state index contributed by atoms with van der Waals surface area (Å²) in [7, 11) is -3.43. The molecule has 0 aliphatic carbocycles. The summed E-state index contributed by atoms with van der Waals surface area (Å²) in [6.07, 6.45) is 1.31. The van der Waals surface area contributed by atoms with Gasteiger partial charge in [-0.25, -0.2) is 8.42 Å². The Balaban J connectivity index is 1.69. The number of amides is 2. The first kappa shape index (κ1) is 23.5. The van der Waals surface area contributed by atoms with Crippen LogP contribution >= 0.6 is 11.6 Å². The second-order valence-electron chi connectivity index (χ2n) is 7.60. The molecule has 2 N–H and O–H groups in total. The summed E-state index contributed by atoms with van der Waals surface area (Å²) in [5, 5.41) is 5.71. The maximum Gasteiger partial charge on any atom is 0.255 e. The van der Waals surface area contributed by atoms with E-state index in [0.717, 1.165) is 22.9 Å². The molecular weight excluding hydrogens is 448 g/mol. The van der Waals surface area contributed by atoms with Crippen LogP contribution in [0.2, 0.25) is 5.02 Å². The van der Waals surface area contributed by atoms with E-state index < -0.39 is 15.7 Å². The number of sulfone groups is 1. The molecule has 0 radical (unpaired) electrons. The summed E-state index contributed by atoms with van der Waals surface area (Å²) >= 11 is 6.29. The van der Waals surface area contributed by atoms with Crippen molar-refractivity contribution in [2.45, 2.75) is 25.2 Å². The zero-order valence-corrected chi connectivity index (χ0v) is 19.5. The third kappa shape index (κ3) is 5.96. The number of hydrogen-bond acceptors (Lipinski definition) is 4. The van der Waals surface area contributed by atoms with Crippen molar-refractivity contribution < 1.29 is 18.0 Å². The zero-order valence-electron chi connectivity index (χ0n) is 17.9. The first-order valence-corrected chi connectivity index (χ1v) is 12.1. The third-order valence-corrected chi connectivity index (χ3v) is 6.30. The molecule has 3 aromatic carbocycles. The van der Waals surface area contributed by atoms with Gasteiger partial charge in [0, 0.05) is 17.5 Å². The van der Waals surface area contributed by atoms with Gasteiger partial charge in [-0.3, -0.25) is 9.59 Å². The van der Waals surface area contributed by atoms with Gasteiger partial charge in [0.05, 0.1) is 22.0 Å².